The highest BCUT2D eigenvalue weighted by atomic mass is 16.3. The lowest BCUT2D eigenvalue weighted by Crippen LogP contribution is -2.47. The van der Waals surface area contributed by atoms with Gasteiger partial charge in [0.25, 0.3) is 0 Å². The minimum absolute atomic E-state index is 0.0296. The van der Waals surface area contributed by atoms with E-state index in [1.54, 1.807) is 12.3 Å². The van der Waals surface area contributed by atoms with E-state index in [9.17, 15) is 4.79 Å². The second-order valence-electron chi connectivity index (χ2n) is 7.33. The Hall–Kier alpha value is -2.67. The molecule has 1 aliphatic heterocycles. The molecule has 7 heteroatoms. The predicted molar refractivity (Wildman–Crippen MR) is 109 cm³/mol. The molecular formula is C21H27N5O2. The van der Waals surface area contributed by atoms with E-state index in [-0.39, 0.29) is 11.7 Å². The average Bonchev–Trinajstić information content (AvgIpc) is 3.26. The molecule has 1 fully saturated rings. The van der Waals surface area contributed by atoms with Crippen molar-refractivity contribution in [3.63, 3.8) is 0 Å². The molecule has 0 aromatic carbocycles. The third-order valence-corrected chi connectivity index (χ3v) is 5.58. The lowest BCUT2D eigenvalue weighted by Gasteiger charge is -2.35. The molecule has 0 saturated carbocycles. The van der Waals surface area contributed by atoms with Gasteiger partial charge in [-0.2, -0.15) is 4.98 Å². The number of furan rings is 1. The monoisotopic (exact) mass is 381 g/mol. The molecule has 1 aliphatic carbocycles. The molecule has 4 rings (SSSR count). The summed E-state index contributed by atoms with van der Waals surface area (Å²) in [4.78, 5) is 27.1. The molecule has 7 nitrogen and oxygen atoms in total. The summed E-state index contributed by atoms with van der Waals surface area (Å²) in [5.74, 6) is 2.27. The summed E-state index contributed by atoms with van der Waals surface area (Å²) < 4.78 is 5.56. The van der Waals surface area contributed by atoms with Crippen LogP contribution in [0, 0.1) is 0 Å². The van der Waals surface area contributed by atoms with Gasteiger partial charge in [0.15, 0.2) is 5.78 Å². The second-order valence-corrected chi connectivity index (χ2v) is 7.33. The Labute approximate surface area is 165 Å². The summed E-state index contributed by atoms with van der Waals surface area (Å²) in [5.41, 5.74) is 1.44. The third-order valence-electron chi connectivity index (χ3n) is 5.58. The standard InChI is InChI=1S/C21H27N5O2/c1-3-7-22-20-19-16(13-15(14-17(19)27)18-6-5-12-28-18)23-21(24-20)26-10-8-25(4-2)9-11-26/h3,5-6,12,15H,1,4,7-11,13-14H2,2H3,(H,22,23,24)/t15-/m0/s1. The second kappa shape index (κ2) is 8.14. The number of hydrogen-bond acceptors (Lipinski definition) is 7. The van der Waals surface area contributed by atoms with E-state index in [2.05, 4.69) is 28.6 Å². The van der Waals surface area contributed by atoms with Crippen molar-refractivity contribution in [3.05, 3.63) is 48.1 Å². The largest absolute Gasteiger partial charge is 0.469 e. The molecule has 0 radical (unpaired) electrons. The van der Waals surface area contributed by atoms with Crippen molar-refractivity contribution in [3.8, 4) is 0 Å². The van der Waals surface area contributed by atoms with Gasteiger partial charge in [-0.3, -0.25) is 4.79 Å². The summed E-state index contributed by atoms with van der Waals surface area (Å²) in [7, 11) is 0. The van der Waals surface area contributed by atoms with Gasteiger partial charge in [0.2, 0.25) is 5.95 Å². The Morgan fingerprint density at radius 2 is 2.11 bits per heavy atom. The van der Waals surface area contributed by atoms with E-state index in [1.807, 2.05) is 12.1 Å². The highest BCUT2D eigenvalue weighted by Gasteiger charge is 2.33. The summed E-state index contributed by atoms with van der Waals surface area (Å²) >= 11 is 0. The number of likely N-dealkylation sites (N-methyl/N-ethyl adjacent to an activating group) is 1. The highest BCUT2D eigenvalue weighted by Crippen LogP contribution is 2.35. The summed E-state index contributed by atoms with van der Waals surface area (Å²) in [6.07, 6.45) is 4.53. The van der Waals surface area contributed by atoms with Gasteiger partial charge in [-0.05, 0) is 18.7 Å². The highest BCUT2D eigenvalue weighted by molar-refractivity contribution is 6.03. The molecule has 0 unspecified atom stereocenters. The van der Waals surface area contributed by atoms with Gasteiger partial charge >= 0.3 is 0 Å². The van der Waals surface area contributed by atoms with Crippen molar-refractivity contribution in [2.24, 2.45) is 0 Å². The summed E-state index contributed by atoms with van der Waals surface area (Å²) in [6.45, 7) is 11.3. The maximum atomic E-state index is 12.9. The van der Waals surface area contributed by atoms with E-state index in [4.69, 9.17) is 14.4 Å². The topological polar surface area (TPSA) is 74.5 Å². The van der Waals surface area contributed by atoms with Crippen LogP contribution in [0.25, 0.3) is 0 Å². The molecule has 0 bridgehead atoms. The van der Waals surface area contributed by atoms with Gasteiger partial charge < -0.3 is 19.5 Å². The Morgan fingerprint density at radius 3 is 2.79 bits per heavy atom. The number of nitrogens with zero attached hydrogens (tertiary/aromatic N) is 4. The number of fused-ring (bicyclic) bond motifs is 1. The fourth-order valence-electron chi connectivity index (χ4n) is 3.99. The first-order valence-electron chi connectivity index (χ1n) is 9.99. The minimum Gasteiger partial charge on any atom is -0.469 e. The van der Waals surface area contributed by atoms with E-state index in [0.717, 1.165) is 44.2 Å². The van der Waals surface area contributed by atoms with Crippen LogP contribution in [0.4, 0.5) is 11.8 Å². The van der Waals surface area contributed by atoms with Crippen LogP contribution < -0.4 is 10.2 Å². The van der Waals surface area contributed by atoms with Crippen molar-refractivity contribution in [2.45, 2.75) is 25.7 Å². The Morgan fingerprint density at radius 1 is 1.29 bits per heavy atom. The molecule has 0 amide bonds. The van der Waals surface area contributed by atoms with Crippen LogP contribution in [0.2, 0.25) is 0 Å². The van der Waals surface area contributed by atoms with Crippen LogP contribution in [-0.2, 0) is 6.42 Å². The van der Waals surface area contributed by atoms with Crippen LogP contribution >= 0.6 is 0 Å². The first-order chi connectivity index (χ1) is 13.7. The molecule has 1 saturated heterocycles. The van der Waals surface area contributed by atoms with Gasteiger partial charge in [-0.15, -0.1) is 6.58 Å². The number of nitrogens with one attached hydrogen (secondary N) is 1. The number of piperazine rings is 1. The average molecular weight is 381 g/mol. The molecule has 1 atom stereocenters. The van der Waals surface area contributed by atoms with Crippen molar-refractivity contribution < 1.29 is 9.21 Å². The summed E-state index contributed by atoms with van der Waals surface area (Å²) in [6, 6.07) is 3.80. The fourth-order valence-corrected chi connectivity index (χ4v) is 3.99. The Balaban J connectivity index is 1.67. The zero-order valence-electron chi connectivity index (χ0n) is 16.4. The van der Waals surface area contributed by atoms with Gasteiger partial charge in [0.05, 0.1) is 17.5 Å². The van der Waals surface area contributed by atoms with Gasteiger partial charge in [-0.1, -0.05) is 13.0 Å². The molecule has 3 heterocycles. The lowest BCUT2D eigenvalue weighted by molar-refractivity contribution is 0.0959. The quantitative estimate of drug-likeness (QED) is 0.771. The van der Waals surface area contributed by atoms with Gasteiger partial charge in [0.1, 0.15) is 11.6 Å². The van der Waals surface area contributed by atoms with E-state index < -0.39 is 0 Å². The number of rotatable bonds is 6. The van der Waals surface area contributed by atoms with Crippen LogP contribution in [0.3, 0.4) is 0 Å². The van der Waals surface area contributed by atoms with E-state index >= 15 is 0 Å². The number of anilines is 2. The van der Waals surface area contributed by atoms with E-state index in [0.29, 0.717) is 36.7 Å². The first kappa shape index (κ1) is 18.7. The first-order valence-corrected chi connectivity index (χ1v) is 9.99. The SMILES string of the molecule is C=CCNc1nc(N2CCN(CC)CC2)nc2c1C(=O)C[C@@H](c1ccco1)C2. The molecule has 148 valence electrons. The van der Waals surface area contributed by atoms with Crippen LogP contribution in [-0.4, -0.2) is 59.9 Å². The van der Waals surface area contributed by atoms with Crippen molar-refractivity contribution >= 4 is 17.5 Å². The normalized spacial score (nSPS) is 20.1. The molecule has 2 aromatic rings. The molecule has 1 N–H and O–H groups in total. The molecule has 28 heavy (non-hydrogen) atoms. The zero-order chi connectivity index (χ0) is 19.5. The molecule has 0 spiro atoms. The van der Waals surface area contributed by atoms with Crippen LogP contribution in [0.5, 0.6) is 0 Å². The van der Waals surface area contributed by atoms with Crippen molar-refractivity contribution in [1.29, 1.82) is 0 Å². The number of hydrogen-bond donors (Lipinski definition) is 1. The number of ketones is 1. The summed E-state index contributed by atoms with van der Waals surface area (Å²) in [5, 5.41) is 3.25. The van der Waals surface area contributed by atoms with Crippen molar-refractivity contribution in [1.82, 2.24) is 14.9 Å². The van der Waals surface area contributed by atoms with Gasteiger partial charge in [-0.25, -0.2) is 4.98 Å². The van der Waals surface area contributed by atoms with Crippen LogP contribution in [0.1, 0.15) is 41.1 Å². The maximum Gasteiger partial charge on any atom is 0.227 e. The van der Waals surface area contributed by atoms with E-state index in [1.165, 1.54) is 0 Å². The molecule has 2 aromatic heterocycles. The smallest absolute Gasteiger partial charge is 0.227 e. The number of carbonyl (C=O) groups excluding carboxylic acids is 1. The molecular weight excluding hydrogens is 354 g/mol. The van der Waals surface area contributed by atoms with Crippen molar-refractivity contribution in [2.75, 3.05) is 49.5 Å². The maximum absolute atomic E-state index is 12.9. The molecule has 2 aliphatic rings. The Bertz CT molecular complexity index is 841. The number of carbonyl (C=O) groups is 1. The Kier molecular flexibility index (Phi) is 5.43. The zero-order valence-corrected chi connectivity index (χ0v) is 16.4. The number of aromatic nitrogens is 2. The third kappa shape index (κ3) is 3.67. The fraction of sp³-hybridized carbons (Fsp3) is 0.476. The van der Waals surface area contributed by atoms with Crippen LogP contribution in [0.15, 0.2) is 35.5 Å². The lowest BCUT2D eigenvalue weighted by atomic mass is 9.84. The van der Waals surface area contributed by atoms with Gasteiger partial charge in [0, 0.05) is 51.5 Å². The minimum atomic E-state index is 0.0296. The number of Topliss-reactive ketones (excluding diaryl/α,β-unsaturated/α-hetero) is 1. The predicted octanol–water partition coefficient (Wildman–Crippen LogP) is 2.72.